The highest BCUT2D eigenvalue weighted by molar-refractivity contribution is 5.75. The van der Waals surface area contributed by atoms with E-state index in [1.54, 1.807) is 0 Å². The lowest BCUT2D eigenvalue weighted by atomic mass is 9.70. The predicted octanol–water partition coefficient (Wildman–Crippen LogP) is 6.62. The lowest BCUT2D eigenvalue weighted by Crippen LogP contribution is -2.53. The number of carbonyl (C=O) groups is 1. The third-order valence-corrected chi connectivity index (χ3v) is 9.21. The van der Waals surface area contributed by atoms with E-state index in [0.29, 0.717) is 5.92 Å². The third-order valence-electron chi connectivity index (χ3n) is 9.21. The van der Waals surface area contributed by atoms with Gasteiger partial charge in [0.15, 0.2) is 0 Å². The lowest BCUT2D eigenvalue weighted by molar-refractivity contribution is 0.214. The van der Waals surface area contributed by atoms with Gasteiger partial charge in [0.2, 0.25) is 0 Å². The summed E-state index contributed by atoms with van der Waals surface area (Å²) in [6.45, 7) is 5.49. The number of hydrogen-bond donors (Lipinski definition) is 2. The molecule has 2 atom stereocenters. The SMILES string of the molecule is C[C@H](NC(=O)N[C@H]1CC[C@H](CCN2CCC(c3ccccc3)C2)CC1)C(C#N)(c1ccccc1)c1ccccc1. The Morgan fingerprint density at radius 3 is 2.05 bits per heavy atom. The Bertz CT molecular complexity index is 1210. The fraction of sp³-hybridized carbons (Fsp3) is 0.429. The van der Waals surface area contributed by atoms with E-state index in [0.717, 1.165) is 42.7 Å². The highest BCUT2D eigenvalue weighted by Gasteiger charge is 2.41. The zero-order valence-corrected chi connectivity index (χ0v) is 23.6. The molecule has 2 fully saturated rings. The van der Waals surface area contributed by atoms with E-state index in [1.165, 1.54) is 38.0 Å². The van der Waals surface area contributed by atoms with Crippen molar-refractivity contribution in [3.8, 4) is 6.07 Å². The molecule has 2 N–H and O–H groups in total. The van der Waals surface area contributed by atoms with Crippen LogP contribution in [-0.4, -0.2) is 42.6 Å². The van der Waals surface area contributed by atoms with Crippen LogP contribution >= 0.6 is 0 Å². The molecule has 3 aromatic rings. The maximum atomic E-state index is 13.1. The van der Waals surface area contributed by atoms with Crippen LogP contribution < -0.4 is 10.6 Å². The van der Waals surface area contributed by atoms with Crippen molar-refractivity contribution in [2.45, 2.75) is 68.9 Å². The second kappa shape index (κ2) is 13.2. The fourth-order valence-electron chi connectivity index (χ4n) is 6.82. The number of hydrogen-bond acceptors (Lipinski definition) is 3. The monoisotopic (exact) mass is 534 g/mol. The number of urea groups is 1. The van der Waals surface area contributed by atoms with Gasteiger partial charge in [0.05, 0.1) is 12.1 Å². The van der Waals surface area contributed by atoms with Gasteiger partial charge in [-0.1, -0.05) is 91.0 Å². The molecular formula is C35H42N4O. The number of likely N-dealkylation sites (tertiary alicyclic amines) is 1. The Morgan fingerprint density at radius 1 is 0.900 bits per heavy atom. The van der Waals surface area contributed by atoms with Crippen LogP contribution in [0.25, 0.3) is 0 Å². The van der Waals surface area contributed by atoms with Crippen molar-refractivity contribution in [3.63, 3.8) is 0 Å². The van der Waals surface area contributed by atoms with Crippen molar-refractivity contribution in [2.24, 2.45) is 5.92 Å². The summed E-state index contributed by atoms with van der Waals surface area (Å²) < 4.78 is 0. The Kier molecular flexibility index (Phi) is 9.19. The summed E-state index contributed by atoms with van der Waals surface area (Å²) in [7, 11) is 0. The summed E-state index contributed by atoms with van der Waals surface area (Å²) in [5.74, 6) is 1.41. The molecule has 1 heterocycles. The molecule has 40 heavy (non-hydrogen) atoms. The number of nitrogens with zero attached hydrogens (tertiary/aromatic N) is 2. The summed E-state index contributed by atoms with van der Waals surface area (Å²) in [5, 5.41) is 16.8. The molecule has 3 aromatic carbocycles. The smallest absolute Gasteiger partial charge is 0.315 e. The summed E-state index contributed by atoms with van der Waals surface area (Å²) >= 11 is 0. The maximum Gasteiger partial charge on any atom is 0.315 e. The zero-order valence-electron chi connectivity index (χ0n) is 23.6. The minimum Gasteiger partial charge on any atom is -0.335 e. The Balaban J connectivity index is 1.10. The highest BCUT2D eigenvalue weighted by atomic mass is 16.2. The van der Waals surface area contributed by atoms with E-state index in [1.807, 2.05) is 67.6 Å². The van der Waals surface area contributed by atoms with E-state index in [-0.39, 0.29) is 12.1 Å². The molecule has 2 amide bonds. The molecule has 2 aliphatic rings. The predicted molar refractivity (Wildman–Crippen MR) is 161 cm³/mol. The average Bonchev–Trinajstić information content (AvgIpc) is 3.48. The molecule has 0 bridgehead atoms. The van der Waals surface area contributed by atoms with Crippen LogP contribution in [0.4, 0.5) is 4.79 Å². The molecule has 0 spiro atoms. The van der Waals surface area contributed by atoms with Crippen LogP contribution in [0, 0.1) is 17.2 Å². The van der Waals surface area contributed by atoms with Crippen molar-refractivity contribution in [3.05, 3.63) is 108 Å². The van der Waals surface area contributed by atoms with Gasteiger partial charge in [-0.15, -0.1) is 0 Å². The minimum absolute atomic E-state index is 0.183. The molecule has 1 aliphatic carbocycles. The second-order valence-corrected chi connectivity index (χ2v) is 11.7. The summed E-state index contributed by atoms with van der Waals surface area (Å²) in [4.78, 5) is 15.8. The first-order chi connectivity index (χ1) is 19.6. The number of benzene rings is 3. The highest BCUT2D eigenvalue weighted by Crippen LogP contribution is 2.35. The Morgan fingerprint density at radius 2 is 1.48 bits per heavy atom. The van der Waals surface area contributed by atoms with Gasteiger partial charge in [0.25, 0.3) is 0 Å². The fourth-order valence-corrected chi connectivity index (χ4v) is 6.82. The number of carbonyl (C=O) groups excluding carboxylic acids is 1. The molecule has 0 radical (unpaired) electrons. The van der Waals surface area contributed by atoms with Gasteiger partial charge in [0.1, 0.15) is 5.41 Å². The van der Waals surface area contributed by atoms with E-state index in [2.05, 4.69) is 51.9 Å². The van der Waals surface area contributed by atoms with E-state index in [4.69, 9.17) is 0 Å². The summed E-state index contributed by atoms with van der Waals surface area (Å²) in [5.41, 5.74) is 2.26. The molecule has 1 unspecified atom stereocenters. The normalized spacial score (nSPS) is 22.2. The van der Waals surface area contributed by atoms with Crippen LogP contribution in [0.2, 0.25) is 0 Å². The Hall–Kier alpha value is -3.62. The first-order valence-corrected chi connectivity index (χ1v) is 14.9. The largest absolute Gasteiger partial charge is 0.335 e. The minimum atomic E-state index is -0.980. The molecule has 1 aliphatic heterocycles. The van der Waals surface area contributed by atoms with Crippen LogP contribution in [0.3, 0.4) is 0 Å². The average molecular weight is 535 g/mol. The molecule has 0 aromatic heterocycles. The maximum absolute atomic E-state index is 13.1. The quantitative estimate of drug-likeness (QED) is 0.324. The van der Waals surface area contributed by atoms with Gasteiger partial charge in [0, 0.05) is 12.6 Å². The van der Waals surface area contributed by atoms with Crippen LogP contribution in [-0.2, 0) is 5.41 Å². The van der Waals surface area contributed by atoms with Gasteiger partial charge >= 0.3 is 6.03 Å². The first-order valence-electron chi connectivity index (χ1n) is 14.9. The van der Waals surface area contributed by atoms with Crippen molar-refractivity contribution in [1.29, 1.82) is 5.26 Å². The van der Waals surface area contributed by atoms with Crippen LogP contribution in [0.1, 0.15) is 68.1 Å². The van der Waals surface area contributed by atoms with E-state index < -0.39 is 11.5 Å². The molecule has 5 rings (SSSR count). The van der Waals surface area contributed by atoms with Gasteiger partial charge in [-0.3, -0.25) is 0 Å². The number of nitriles is 1. The van der Waals surface area contributed by atoms with E-state index >= 15 is 0 Å². The molecule has 5 nitrogen and oxygen atoms in total. The number of rotatable bonds is 9. The molecule has 208 valence electrons. The van der Waals surface area contributed by atoms with Gasteiger partial charge < -0.3 is 15.5 Å². The van der Waals surface area contributed by atoms with Crippen molar-refractivity contribution < 1.29 is 4.79 Å². The summed E-state index contributed by atoms with van der Waals surface area (Å²) in [6, 6.07) is 32.6. The van der Waals surface area contributed by atoms with Gasteiger partial charge in [-0.25, -0.2) is 4.79 Å². The number of nitrogens with one attached hydrogen (secondary N) is 2. The Labute approximate surface area is 239 Å². The van der Waals surface area contributed by atoms with Gasteiger partial charge in [-0.2, -0.15) is 5.26 Å². The number of amides is 2. The molecule has 5 heteroatoms. The molecule has 1 saturated carbocycles. The second-order valence-electron chi connectivity index (χ2n) is 11.7. The van der Waals surface area contributed by atoms with Crippen molar-refractivity contribution in [2.75, 3.05) is 19.6 Å². The topological polar surface area (TPSA) is 68.2 Å². The lowest BCUT2D eigenvalue weighted by Gasteiger charge is -2.35. The van der Waals surface area contributed by atoms with Gasteiger partial charge in [-0.05, 0) is 87.1 Å². The zero-order chi connectivity index (χ0) is 27.8. The molecule has 1 saturated heterocycles. The summed E-state index contributed by atoms with van der Waals surface area (Å²) in [6.07, 6.45) is 6.85. The van der Waals surface area contributed by atoms with Crippen LogP contribution in [0.15, 0.2) is 91.0 Å². The third kappa shape index (κ3) is 6.40. The first kappa shape index (κ1) is 27.9. The van der Waals surface area contributed by atoms with Crippen LogP contribution in [0.5, 0.6) is 0 Å². The molecular weight excluding hydrogens is 492 g/mol. The van der Waals surface area contributed by atoms with E-state index in [9.17, 15) is 10.1 Å². The van der Waals surface area contributed by atoms with Crippen molar-refractivity contribution >= 4 is 6.03 Å². The van der Waals surface area contributed by atoms with Crippen molar-refractivity contribution in [1.82, 2.24) is 15.5 Å². The standard InChI is InChI=1S/C35H42N4O/c1-27(35(26-36,31-13-7-3-8-14-31)32-15-9-4-10-16-32)37-34(40)38-33-19-17-28(18-20-33)21-23-39-24-22-30(25-39)29-11-5-2-6-12-29/h2-16,27-28,30,33H,17-25H2,1H3,(H2,37,38,40)/t27-,28-,30?,33-/m0/s1.